The molecule has 3 aliphatic heterocycles. The number of benzene rings is 4. The molecule has 0 radical (unpaired) electrons. The summed E-state index contributed by atoms with van der Waals surface area (Å²) in [4.78, 5) is 78.8. The number of hydrogen-bond acceptors (Lipinski definition) is 13. The van der Waals surface area contributed by atoms with Gasteiger partial charge in [0.1, 0.15) is 42.3 Å². The molecule has 2 fully saturated rings. The van der Waals surface area contributed by atoms with E-state index in [0.29, 0.717) is 39.3 Å². The molecule has 0 saturated carbocycles. The van der Waals surface area contributed by atoms with E-state index in [-0.39, 0.29) is 89.1 Å². The average molecular weight is 1050 g/mol. The zero-order valence-electron chi connectivity index (χ0n) is 41.9. The van der Waals surface area contributed by atoms with Crippen molar-refractivity contribution in [2.45, 2.75) is 84.0 Å². The van der Waals surface area contributed by atoms with Crippen molar-refractivity contribution in [2.24, 2.45) is 5.92 Å². The van der Waals surface area contributed by atoms with Gasteiger partial charge in [0.25, 0.3) is 11.8 Å². The number of imide groups is 1. The summed E-state index contributed by atoms with van der Waals surface area (Å²) >= 11 is 1.49. The van der Waals surface area contributed by atoms with E-state index in [4.69, 9.17) is 18.9 Å². The largest absolute Gasteiger partial charge is 0.491 e. The Labute approximate surface area is 435 Å². The lowest BCUT2D eigenvalue weighted by molar-refractivity contribution is -0.143. The van der Waals surface area contributed by atoms with E-state index < -0.39 is 58.9 Å². The third-order valence-corrected chi connectivity index (χ3v) is 14.2. The Morgan fingerprint density at radius 3 is 2.25 bits per heavy atom. The summed E-state index contributed by atoms with van der Waals surface area (Å²) in [5.41, 5.74) is 2.21. The van der Waals surface area contributed by atoms with E-state index in [0.717, 1.165) is 33.8 Å². The second-order valence-electron chi connectivity index (χ2n) is 19.1. The Morgan fingerprint density at radius 2 is 1.60 bits per heavy atom. The van der Waals surface area contributed by atoms with Crippen molar-refractivity contribution in [2.75, 3.05) is 56.0 Å². The van der Waals surface area contributed by atoms with Gasteiger partial charge in [-0.25, -0.2) is 14.7 Å². The van der Waals surface area contributed by atoms with Crippen molar-refractivity contribution in [3.8, 4) is 28.0 Å². The van der Waals surface area contributed by atoms with Crippen LogP contribution in [-0.4, -0.2) is 119 Å². The Kier molecular flexibility index (Phi) is 16.3. The first-order valence-electron chi connectivity index (χ1n) is 24.3. The quantitative estimate of drug-likeness (QED) is 0.0574. The van der Waals surface area contributed by atoms with Gasteiger partial charge in [-0.3, -0.25) is 24.1 Å². The first-order chi connectivity index (χ1) is 35.8. The van der Waals surface area contributed by atoms with Crippen molar-refractivity contribution < 1.29 is 61.2 Å². The summed E-state index contributed by atoms with van der Waals surface area (Å²) in [5.74, 6) is -1.13. The number of fused-ring (bicyclic) bond motifs is 1. The fourth-order valence-electron chi connectivity index (χ4n) is 9.51. The molecule has 6 amide bonds. The Balaban J connectivity index is 0.797. The highest BCUT2D eigenvalue weighted by molar-refractivity contribution is 7.13. The summed E-state index contributed by atoms with van der Waals surface area (Å²) in [5, 5.41) is 22.9. The standard InChI is InChI=1S/C54H56F3N7O10S/c1-32(2)46(62-29-37-8-6-7-9-42(37)49(62)67)50(68)61-30-40(65)26-44(61)48(66)59-28-36-11-10-34(47-33(3)60-31-75-47)24-45(36)74-23-21-72-19-18-71-20-22-73-41-16-14-38(15-17-41)64-52(70)63(51(69)53(64,4)5)39-13-12-35(27-58)43(25-39)54(55,56)57/h6-17,24-25,31-32,40,44,46,65H,18-23,26,28-30H2,1-5H3,(H,59,66)/t40-,44?,46+/m1/s1. The maximum absolute atomic E-state index is 14.2. The van der Waals surface area contributed by atoms with Crippen molar-refractivity contribution in [3.05, 3.63) is 124 Å². The van der Waals surface area contributed by atoms with Gasteiger partial charge in [0.05, 0.1) is 71.5 Å². The zero-order valence-corrected chi connectivity index (χ0v) is 42.7. The van der Waals surface area contributed by atoms with Crippen molar-refractivity contribution in [1.29, 1.82) is 5.26 Å². The lowest BCUT2D eigenvalue weighted by Crippen LogP contribution is -2.55. The van der Waals surface area contributed by atoms with Crippen LogP contribution in [0.1, 0.15) is 72.4 Å². The zero-order chi connectivity index (χ0) is 53.8. The Bertz CT molecular complexity index is 3000. The number of aliphatic hydroxyl groups is 1. The van der Waals surface area contributed by atoms with Gasteiger partial charge < -0.3 is 39.2 Å². The number of carbonyl (C=O) groups excluding carboxylic acids is 5. The van der Waals surface area contributed by atoms with Crippen molar-refractivity contribution in [3.63, 3.8) is 0 Å². The van der Waals surface area contributed by atoms with Crippen LogP contribution in [-0.2, 0) is 43.1 Å². The molecule has 1 unspecified atom stereocenters. The fraction of sp³-hybridized carbons (Fsp3) is 0.389. The number of hydrogen-bond donors (Lipinski definition) is 2. The number of nitriles is 1. The van der Waals surface area contributed by atoms with Gasteiger partial charge in [-0.05, 0) is 92.4 Å². The molecule has 3 atom stereocenters. The molecule has 0 aliphatic carbocycles. The normalized spacial score (nSPS) is 17.7. The molecule has 4 aromatic carbocycles. The topological polar surface area (TPSA) is 204 Å². The Hall–Kier alpha value is -7.38. The van der Waals surface area contributed by atoms with Crippen LogP contribution >= 0.6 is 11.3 Å². The Morgan fingerprint density at radius 1 is 0.920 bits per heavy atom. The first kappa shape index (κ1) is 53.9. The van der Waals surface area contributed by atoms with E-state index >= 15 is 0 Å². The number of aromatic nitrogens is 1. The second kappa shape index (κ2) is 22.6. The van der Waals surface area contributed by atoms with Crippen LogP contribution in [0.25, 0.3) is 10.4 Å². The number of alkyl halides is 3. The van der Waals surface area contributed by atoms with Gasteiger partial charge in [-0.2, -0.15) is 18.4 Å². The number of thiazole rings is 1. The average Bonchev–Trinajstić information content (AvgIpc) is 4.14. The lowest BCUT2D eigenvalue weighted by atomic mass is 10.0. The summed E-state index contributed by atoms with van der Waals surface area (Å²) in [6.45, 7) is 10.2. The number of rotatable bonds is 20. The second-order valence-corrected chi connectivity index (χ2v) is 19.9. The van der Waals surface area contributed by atoms with Crippen LogP contribution in [0.15, 0.2) is 90.4 Å². The molecular formula is C54H56F3N7O10S. The molecule has 2 saturated heterocycles. The van der Waals surface area contributed by atoms with E-state index in [9.17, 15) is 47.5 Å². The molecule has 2 N–H and O–H groups in total. The van der Waals surface area contributed by atoms with Crippen LogP contribution in [0.4, 0.5) is 29.3 Å². The van der Waals surface area contributed by atoms with E-state index in [2.05, 4.69) is 10.3 Å². The number of β-amino-alcohol motifs (C(OH)–C–C–N with tert-alkyl or cyclic N) is 1. The number of nitrogens with zero attached hydrogens (tertiary/aromatic N) is 6. The molecule has 3 aliphatic rings. The number of ether oxygens (including phenoxy) is 4. The number of urea groups is 1. The minimum atomic E-state index is -4.88. The lowest BCUT2D eigenvalue weighted by Gasteiger charge is -2.35. The number of carbonyl (C=O) groups is 5. The van der Waals surface area contributed by atoms with Crippen LogP contribution in [0.5, 0.6) is 11.5 Å². The molecule has 0 bridgehead atoms. The molecule has 17 nitrogen and oxygen atoms in total. The van der Waals surface area contributed by atoms with Gasteiger partial charge in [0, 0.05) is 42.9 Å². The molecule has 0 spiro atoms. The molecular weight excluding hydrogens is 996 g/mol. The minimum Gasteiger partial charge on any atom is -0.491 e. The number of likely N-dealkylation sites (tertiary alicyclic amines) is 1. The first-order valence-corrected chi connectivity index (χ1v) is 25.2. The van der Waals surface area contributed by atoms with Crippen LogP contribution in [0, 0.1) is 24.2 Å². The summed E-state index contributed by atoms with van der Waals surface area (Å²) in [6, 6.07) is 20.7. The van der Waals surface area contributed by atoms with Crippen LogP contribution in [0.3, 0.4) is 0 Å². The molecule has 4 heterocycles. The number of amides is 6. The number of aliphatic hydroxyl groups excluding tert-OH is 1. The van der Waals surface area contributed by atoms with Gasteiger partial charge >= 0.3 is 12.2 Å². The summed E-state index contributed by atoms with van der Waals surface area (Å²) in [6.07, 6.45) is -5.75. The third kappa shape index (κ3) is 11.5. The van der Waals surface area contributed by atoms with Crippen LogP contribution in [0.2, 0.25) is 0 Å². The molecule has 75 heavy (non-hydrogen) atoms. The number of halogens is 3. The third-order valence-electron chi connectivity index (χ3n) is 13.3. The highest BCUT2D eigenvalue weighted by Crippen LogP contribution is 2.40. The van der Waals surface area contributed by atoms with Gasteiger partial charge in [-0.1, -0.05) is 44.2 Å². The predicted octanol–water partition coefficient (Wildman–Crippen LogP) is 7.51. The molecule has 1 aromatic heterocycles. The summed E-state index contributed by atoms with van der Waals surface area (Å²) < 4.78 is 64.6. The summed E-state index contributed by atoms with van der Waals surface area (Å²) in [7, 11) is 0. The maximum atomic E-state index is 14.2. The van der Waals surface area contributed by atoms with Gasteiger partial charge in [0.15, 0.2) is 0 Å². The van der Waals surface area contributed by atoms with E-state index in [1.165, 1.54) is 41.1 Å². The monoisotopic (exact) mass is 1050 g/mol. The predicted molar refractivity (Wildman–Crippen MR) is 270 cm³/mol. The van der Waals surface area contributed by atoms with Gasteiger partial charge in [-0.15, -0.1) is 11.3 Å². The fourth-order valence-corrected chi connectivity index (χ4v) is 10.3. The SMILES string of the molecule is Cc1ncsc1-c1ccc(CNC(=O)C2C[C@@H](O)CN2C(=O)[C@H](C(C)C)N2Cc3ccccc3C2=O)c(OCCOCCOCCOc2ccc(N3C(=O)N(c4ccc(C#N)c(C(F)(F)F)c4)C(=O)C3(C)C)cc2)c1. The van der Waals surface area contributed by atoms with Crippen molar-refractivity contribution >= 4 is 52.4 Å². The van der Waals surface area contributed by atoms with Crippen molar-refractivity contribution in [1.82, 2.24) is 20.1 Å². The smallest absolute Gasteiger partial charge is 0.417 e. The maximum Gasteiger partial charge on any atom is 0.417 e. The van der Waals surface area contributed by atoms with Gasteiger partial charge in [0.2, 0.25) is 11.8 Å². The molecule has 8 rings (SSSR count). The number of nitrogens with one attached hydrogen (secondary N) is 1. The minimum absolute atomic E-state index is 0.0368. The van der Waals surface area contributed by atoms with E-state index in [1.807, 2.05) is 51.1 Å². The van der Waals surface area contributed by atoms with Crippen LogP contribution < -0.4 is 24.6 Å². The highest BCUT2D eigenvalue weighted by Gasteiger charge is 2.53. The highest BCUT2D eigenvalue weighted by atomic mass is 32.1. The molecule has 394 valence electrons. The number of anilines is 2. The molecule has 21 heteroatoms. The molecule has 5 aromatic rings. The number of aryl methyl sites for hydroxylation is 1. The van der Waals surface area contributed by atoms with E-state index in [1.54, 1.807) is 46.8 Å².